The number of nitrogens with one attached hydrogen (secondary N) is 1. The van der Waals surface area contributed by atoms with Crippen molar-refractivity contribution in [1.29, 1.82) is 0 Å². The van der Waals surface area contributed by atoms with Crippen LogP contribution in [0.4, 0.5) is 11.4 Å². The van der Waals surface area contributed by atoms with Gasteiger partial charge < -0.3 is 5.32 Å². The quantitative estimate of drug-likeness (QED) is 0.499. The van der Waals surface area contributed by atoms with Crippen LogP contribution in [0.3, 0.4) is 0 Å². The molecule has 98 valence electrons. The number of hydrogen-bond acceptors (Lipinski definition) is 3. The molecule has 1 aromatic rings. The lowest BCUT2D eigenvalue weighted by atomic mass is 10.1. The minimum Gasteiger partial charge on any atom is -0.377 e. The van der Waals surface area contributed by atoms with E-state index in [0.717, 1.165) is 18.4 Å². The van der Waals surface area contributed by atoms with Crippen LogP contribution in [0.25, 0.3) is 0 Å². The fraction of sp³-hybridized carbons (Fsp3) is 0.571. The monoisotopic (exact) mass is 248 g/mol. The van der Waals surface area contributed by atoms with Crippen molar-refractivity contribution in [3.05, 3.63) is 33.9 Å². The summed E-state index contributed by atoms with van der Waals surface area (Å²) < 4.78 is 0. The highest BCUT2D eigenvalue weighted by atomic mass is 16.6. The van der Waals surface area contributed by atoms with Gasteiger partial charge in [-0.05, 0) is 31.4 Å². The van der Waals surface area contributed by atoms with Crippen LogP contribution in [-0.4, -0.2) is 11.0 Å². The molecule has 18 heavy (non-hydrogen) atoms. The highest BCUT2D eigenvalue weighted by Gasteiger charge is 2.18. The Morgan fingerprint density at radius 3 is 2.50 bits per heavy atom. The number of nitro groups is 1. The maximum absolute atomic E-state index is 11.0. The van der Waals surface area contributed by atoms with E-state index in [1.807, 2.05) is 19.1 Å². The van der Waals surface area contributed by atoms with E-state index in [1.165, 1.54) is 25.7 Å². The normalized spacial score (nSPS) is 17.2. The summed E-state index contributed by atoms with van der Waals surface area (Å²) in [5.41, 5.74) is 1.78. The molecule has 1 saturated carbocycles. The third-order valence-corrected chi connectivity index (χ3v) is 3.56. The molecule has 1 N–H and O–H groups in total. The van der Waals surface area contributed by atoms with Crippen LogP contribution in [0.1, 0.15) is 44.1 Å². The Hall–Kier alpha value is -1.58. The Balaban J connectivity index is 2.14. The van der Waals surface area contributed by atoms with E-state index in [9.17, 15) is 10.1 Å². The fourth-order valence-corrected chi connectivity index (χ4v) is 2.56. The first-order chi connectivity index (χ1) is 8.66. The first kappa shape index (κ1) is 12.9. The van der Waals surface area contributed by atoms with Crippen LogP contribution in [0.5, 0.6) is 0 Å². The van der Waals surface area contributed by atoms with Gasteiger partial charge in [0.15, 0.2) is 0 Å². The van der Waals surface area contributed by atoms with Crippen LogP contribution in [0, 0.1) is 17.0 Å². The number of nitrogens with zero attached hydrogens (tertiary/aromatic N) is 1. The molecule has 0 heterocycles. The summed E-state index contributed by atoms with van der Waals surface area (Å²) in [5, 5.41) is 14.4. The molecule has 0 amide bonds. The first-order valence-corrected chi connectivity index (χ1v) is 6.68. The summed E-state index contributed by atoms with van der Waals surface area (Å²) in [4.78, 5) is 10.7. The molecule has 0 radical (unpaired) electrons. The van der Waals surface area contributed by atoms with Crippen molar-refractivity contribution in [2.24, 2.45) is 0 Å². The minimum absolute atomic E-state index is 0.194. The Labute approximate surface area is 108 Å². The van der Waals surface area contributed by atoms with Crippen LogP contribution >= 0.6 is 0 Å². The maximum Gasteiger partial charge on any atom is 0.292 e. The molecule has 1 aromatic carbocycles. The van der Waals surface area contributed by atoms with Crippen LogP contribution in [-0.2, 0) is 0 Å². The second-order valence-electron chi connectivity index (χ2n) is 5.11. The van der Waals surface area contributed by atoms with Gasteiger partial charge >= 0.3 is 0 Å². The van der Waals surface area contributed by atoms with E-state index in [2.05, 4.69) is 5.32 Å². The highest BCUT2D eigenvalue weighted by molar-refractivity contribution is 5.62. The molecule has 0 spiro atoms. The van der Waals surface area contributed by atoms with Crippen molar-refractivity contribution in [3.8, 4) is 0 Å². The highest BCUT2D eigenvalue weighted by Crippen LogP contribution is 2.28. The molecule has 0 aromatic heterocycles. The van der Waals surface area contributed by atoms with Crippen molar-refractivity contribution < 1.29 is 4.92 Å². The van der Waals surface area contributed by atoms with Gasteiger partial charge in [-0.15, -0.1) is 0 Å². The zero-order valence-electron chi connectivity index (χ0n) is 10.8. The van der Waals surface area contributed by atoms with Gasteiger partial charge in [0.25, 0.3) is 5.69 Å². The van der Waals surface area contributed by atoms with E-state index in [-0.39, 0.29) is 10.6 Å². The number of aryl methyl sites for hydroxylation is 1. The molecule has 4 nitrogen and oxygen atoms in total. The van der Waals surface area contributed by atoms with Gasteiger partial charge in [-0.25, -0.2) is 0 Å². The molecular formula is C14H20N2O2. The average molecular weight is 248 g/mol. The van der Waals surface area contributed by atoms with Crippen molar-refractivity contribution in [2.45, 2.75) is 51.5 Å². The Bertz CT molecular complexity index is 424. The topological polar surface area (TPSA) is 55.2 Å². The summed E-state index contributed by atoms with van der Waals surface area (Å²) >= 11 is 0. The van der Waals surface area contributed by atoms with Gasteiger partial charge in [0, 0.05) is 12.1 Å². The van der Waals surface area contributed by atoms with Gasteiger partial charge in [0.1, 0.15) is 5.69 Å². The van der Waals surface area contributed by atoms with Crippen molar-refractivity contribution in [2.75, 3.05) is 5.32 Å². The molecule has 0 bridgehead atoms. The summed E-state index contributed by atoms with van der Waals surface area (Å²) in [5.74, 6) is 0. The van der Waals surface area contributed by atoms with E-state index in [4.69, 9.17) is 0 Å². The Kier molecular flexibility index (Phi) is 4.18. The lowest BCUT2D eigenvalue weighted by Crippen LogP contribution is -2.19. The molecule has 0 saturated heterocycles. The summed E-state index contributed by atoms with van der Waals surface area (Å²) in [6, 6.07) is 5.78. The molecule has 1 aliphatic rings. The predicted molar refractivity (Wildman–Crippen MR) is 72.9 cm³/mol. The molecule has 0 aliphatic heterocycles. The largest absolute Gasteiger partial charge is 0.377 e. The summed E-state index contributed by atoms with van der Waals surface area (Å²) in [6.07, 6.45) is 7.24. The van der Waals surface area contributed by atoms with Crippen molar-refractivity contribution >= 4 is 11.4 Å². The smallest absolute Gasteiger partial charge is 0.292 e. The van der Waals surface area contributed by atoms with Gasteiger partial charge in [0.2, 0.25) is 0 Å². The maximum atomic E-state index is 11.0. The van der Waals surface area contributed by atoms with E-state index in [0.29, 0.717) is 11.7 Å². The second kappa shape index (κ2) is 5.85. The summed E-state index contributed by atoms with van der Waals surface area (Å²) in [6.45, 7) is 1.88. The molecule has 0 atom stereocenters. The molecule has 4 heteroatoms. The molecule has 1 fully saturated rings. The number of anilines is 1. The Morgan fingerprint density at radius 2 is 1.89 bits per heavy atom. The van der Waals surface area contributed by atoms with Gasteiger partial charge in [-0.2, -0.15) is 0 Å². The van der Waals surface area contributed by atoms with Gasteiger partial charge in [-0.1, -0.05) is 31.7 Å². The van der Waals surface area contributed by atoms with Crippen molar-refractivity contribution in [3.63, 3.8) is 0 Å². The van der Waals surface area contributed by atoms with Gasteiger partial charge in [0.05, 0.1) is 4.92 Å². The molecule has 0 unspecified atom stereocenters. The van der Waals surface area contributed by atoms with Gasteiger partial charge in [-0.3, -0.25) is 10.1 Å². The standard InChI is InChI=1S/C14H20N2O2/c1-11-8-9-13(14(10-11)16(17)18)15-12-6-4-2-3-5-7-12/h8-10,12,15H,2-7H2,1H3. The predicted octanol–water partition coefficient (Wildman–Crippen LogP) is 4.04. The lowest BCUT2D eigenvalue weighted by molar-refractivity contribution is -0.384. The van der Waals surface area contributed by atoms with E-state index in [1.54, 1.807) is 6.07 Å². The molecule has 1 aliphatic carbocycles. The number of benzene rings is 1. The third kappa shape index (κ3) is 3.22. The number of hydrogen-bond donors (Lipinski definition) is 1. The Morgan fingerprint density at radius 1 is 1.22 bits per heavy atom. The van der Waals surface area contributed by atoms with Crippen molar-refractivity contribution in [1.82, 2.24) is 0 Å². The van der Waals surface area contributed by atoms with Crippen LogP contribution in [0.2, 0.25) is 0 Å². The number of rotatable bonds is 3. The number of nitro benzene ring substituents is 1. The first-order valence-electron chi connectivity index (χ1n) is 6.68. The fourth-order valence-electron chi connectivity index (χ4n) is 2.56. The van der Waals surface area contributed by atoms with Crippen LogP contribution < -0.4 is 5.32 Å². The molecular weight excluding hydrogens is 228 g/mol. The lowest BCUT2D eigenvalue weighted by Gasteiger charge is -2.17. The zero-order valence-corrected chi connectivity index (χ0v) is 10.8. The molecule has 2 rings (SSSR count). The zero-order chi connectivity index (χ0) is 13.0. The average Bonchev–Trinajstić information content (AvgIpc) is 2.60. The van der Waals surface area contributed by atoms with E-state index < -0.39 is 0 Å². The summed E-state index contributed by atoms with van der Waals surface area (Å²) in [7, 11) is 0. The third-order valence-electron chi connectivity index (χ3n) is 3.56. The van der Waals surface area contributed by atoms with E-state index >= 15 is 0 Å². The van der Waals surface area contributed by atoms with Crippen LogP contribution in [0.15, 0.2) is 18.2 Å². The second-order valence-corrected chi connectivity index (χ2v) is 5.11. The SMILES string of the molecule is Cc1ccc(NC2CCCCCC2)c([N+](=O)[O-])c1. The minimum atomic E-state index is -0.300.